The van der Waals surface area contributed by atoms with E-state index in [9.17, 15) is 13.2 Å². The van der Waals surface area contributed by atoms with Crippen molar-refractivity contribution in [3.05, 3.63) is 48.3 Å². The number of sulfonamides is 1. The van der Waals surface area contributed by atoms with Gasteiger partial charge < -0.3 is 0 Å². The van der Waals surface area contributed by atoms with E-state index in [4.69, 9.17) is 0 Å². The number of nitrogens with zero attached hydrogens (tertiary/aromatic N) is 3. The van der Waals surface area contributed by atoms with Crippen molar-refractivity contribution < 1.29 is 13.2 Å². The molecule has 9 heteroatoms. The number of pyridine rings is 1. The van der Waals surface area contributed by atoms with E-state index in [1.54, 1.807) is 36.5 Å². The largest absolute Gasteiger partial charge is 0.298 e. The number of benzene rings is 1. The van der Waals surface area contributed by atoms with Crippen LogP contribution in [-0.2, 0) is 10.0 Å². The normalized spacial score (nSPS) is 11.8. The maximum absolute atomic E-state index is 13.0. The molecule has 0 aliphatic carbocycles. The van der Waals surface area contributed by atoms with Gasteiger partial charge in [-0.05, 0) is 43.2 Å². The van der Waals surface area contributed by atoms with Gasteiger partial charge in [-0.1, -0.05) is 25.2 Å². The number of hydrogen-bond acceptors (Lipinski definition) is 6. The molecule has 0 atom stereocenters. The lowest BCUT2D eigenvalue weighted by Gasteiger charge is -2.20. The van der Waals surface area contributed by atoms with E-state index in [2.05, 4.69) is 15.3 Å². The molecule has 2 aromatic heterocycles. The van der Waals surface area contributed by atoms with Crippen molar-refractivity contribution in [2.45, 2.75) is 31.6 Å². The van der Waals surface area contributed by atoms with Crippen molar-refractivity contribution in [3.8, 4) is 0 Å². The fourth-order valence-corrected chi connectivity index (χ4v) is 5.41. The third kappa shape index (κ3) is 4.37. The Kier molecular flexibility index (Phi) is 6.38. The van der Waals surface area contributed by atoms with Crippen LogP contribution in [0.4, 0.5) is 5.13 Å². The second-order valence-electron chi connectivity index (χ2n) is 6.25. The monoisotopic (exact) mass is 418 g/mol. The zero-order chi connectivity index (χ0) is 20.1. The summed E-state index contributed by atoms with van der Waals surface area (Å²) in [6.07, 6.45) is 4.58. The average molecular weight is 419 g/mol. The second kappa shape index (κ2) is 8.76. The number of thiazole rings is 1. The summed E-state index contributed by atoms with van der Waals surface area (Å²) in [7, 11) is -3.56. The highest BCUT2D eigenvalue weighted by Crippen LogP contribution is 2.29. The third-order valence-corrected chi connectivity index (χ3v) is 6.92. The molecule has 2 heterocycles. The van der Waals surface area contributed by atoms with E-state index in [1.165, 1.54) is 21.8 Å². The molecule has 3 rings (SSSR count). The first-order chi connectivity index (χ1) is 13.5. The fourth-order valence-electron chi connectivity index (χ4n) is 2.79. The fraction of sp³-hybridized carbons (Fsp3) is 0.316. The number of amides is 1. The molecule has 148 valence electrons. The second-order valence-corrected chi connectivity index (χ2v) is 9.22. The van der Waals surface area contributed by atoms with Gasteiger partial charge in [0.25, 0.3) is 5.91 Å². The summed E-state index contributed by atoms with van der Waals surface area (Å²) >= 11 is 1.24. The summed E-state index contributed by atoms with van der Waals surface area (Å²) in [5.41, 5.74) is 1.07. The SMILES string of the molecule is CCCN(CCC)S(=O)(=O)c1ccc2nc(NC(=O)c3cccnc3)sc2c1. The van der Waals surface area contributed by atoms with Crippen LogP contribution in [0.15, 0.2) is 47.6 Å². The van der Waals surface area contributed by atoms with Crippen molar-refractivity contribution >= 4 is 42.6 Å². The highest BCUT2D eigenvalue weighted by atomic mass is 32.2. The summed E-state index contributed by atoms with van der Waals surface area (Å²) in [5, 5.41) is 3.15. The van der Waals surface area contributed by atoms with Crippen molar-refractivity contribution in [2.24, 2.45) is 0 Å². The van der Waals surface area contributed by atoms with Gasteiger partial charge in [0.1, 0.15) is 0 Å². The van der Waals surface area contributed by atoms with E-state index < -0.39 is 10.0 Å². The Morgan fingerprint density at radius 1 is 1.18 bits per heavy atom. The summed E-state index contributed by atoms with van der Waals surface area (Å²) in [6.45, 7) is 4.90. The lowest BCUT2D eigenvalue weighted by atomic mass is 10.3. The van der Waals surface area contributed by atoms with Crippen LogP contribution >= 0.6 is 11.3 Å². The molecule has 0 aliphatic rings. The van der Waals surface area contributed by atoms with Gasteiger partial charge >= 0.3 is 0 Å². The number of aromatic nitrogens is 2. The van der Waals surface area contributed by atoms with E-state index in [-0.39, 0.29) is 10.8 Å². The van der Waals surface area contributed by atoms with E-state index in [0.717, 1.165) is 12.8 Å². The predicted octanol–water partition coefficient (Wildman–Crippen LogP) is 3.75. The third-order valence-electron chi connectivity index (χ3n) is 4.09. The smallest absolute Gasteiger partial charge is 0.259 e. The maximum Gasteiger partial charge on any atom is 0.259 e. The summed E-state index contributed by atoms with van der Waals surface area (Å²) in [5.74, 6) is -0.308. The summed E-state index contributed by atoms with van der Waals surface area (Å²) in [4.78, 5) is 20.8. The molecule has 28 heavy (non-hydrogen) atoms. The number of hydrogen-bond donors (Lipinski definition) is 1. The number of fused-ring (bicyclic) bond motifs is 1. The van der Waals surface area contributed by atoms with Gasteiger partial charge in [0.15, 0.2) is 5.13 Å². The van der Waals surface area contributed by atoms with Crippen molar-refractivity contribution in [2.75, 3.05) is 18.4 Å². The average Bonchev–Trinajstić information content (AvgIpc) is 3.09. The minimum Gasteiger partial charge on any atom is -0.298 e. The Balaban J connectivity index is 1.87. The quantitative estimate of drug-likeness (QED) is 0.601. The van der Waals surface area contributed by atoms with Gasteiger partial charge in [0.05, 0.1) is 20.7 Å². The van der Waals surface area contributed by atoms with Crippen LogP contribution < -0.4 is 5.32 Å². The molecule has 1 amide bonds. The Morgan fingerprint density at radius 3 is 2.57 bits per heavy atom. The molecule has 0 spiro atoms. The number of carbonyl (C=O) groups excluding carboxylic acids is 1. The Labute approximate surface area is 168 Å². The molecule has 0 saturated carbocycles. The molecular formula is C19H22N4O3S2. The predicted molar refractivity (Wildman–Crippen MR) is 111 cm³/mol. The van der Waals surface area contributed by atoms with Gasteiger partial charge in [-0.3, -0.25) is 15.1 Å². The van der Waals surface area contributed by atoms with Crippen molar-refractivity contribution in [1.29, 1.82) is 0 Å². The van der Waals surface area contributed by atoms with Gasteiger partial charge in [0, 0.05) is 25.5 Å². The lowest BCUT2D eigenvalue weighted by Crippen LogP contribution is -2.32. The number of carbonyl (C=O) groups is 1. The minimum absolute atomic E-state index is 0.246. The first kappa shape index (κ1) is 20.4. The van der Waals surface area contributed by atoms with Gasteiger partial charge in [-0.25, -0.2) is 13.4 Å². The van der Waals surface area contributed by atoms with Crippen molar-refractivity contribution in [3.63, 3.8) is 0 Å². The van der Waals surface area contributed by atoms with Gasteiger partial charge in [-0.2, -0.15) is 4.31 Å². The van der Waals surface area contributed by atoms with Crippen LogP contribution in [0, 0.1) is 0 Å². The number of rotatable bonds is 8. The molecule has 0 unspecified atom stereocenters. The van der Waals surface area contributed by atoms with Gasteiger partial charge in [-0.15, -0.1) is 0 Å². The lowest BCUT2D eigenvalue weighted by molar-refractivity contribution is 0.102. The molecule has 0 bridgehead atoms. The number of nitrogens with one attached hydrogen (secondary N) is 1. The van der Waals surface area contributed by atoms with E-state index in [0.29, 0.717) is 34.0 Å². The van der Waals surface area contributed by atoms with Crippen LogP contribution in [-0.4, -0.2) is 41.7 Å². The zero-order valence-electron chi connectivity index (χ0n) is 15.8. The number of anilines is 1. The molecule has 1 aromatic carbocycles. The summed E-state index contributed by atoms with van der Waals surface area (Å²) in [6, 6.07) is 8.22. The molecule has 7 nitrogen and oxygen atoms in total. The van der Waals surface area contributed by atoms with Crippen LogP contribution in [0.2, 0.25) is 0 Å². The van der Waals surface area contributed by atoms with E-state index in [1.807, 2.05) is 13.8 Å². The maximum atomic E-state index is 13.0. The highest BCUT2D eigenvalue weighted by molar-refractivity contribution is 7.89. The minimum atomic E-state index is -3.56. The van der Waals surface area contributed by atoms with Crippen LogP contribution in [0.5, 0.6) is 0 Å². The highest BCUT2D eigenvalue weighted by Gasteiger charge is 2.24. The summed E-state index contributed by atoms with van der Waals surface area (Å²) < 4.78 is 28.1. The first-order valence-electron chi connectivity index (χ1n) is 9.07. The molecule has 0 fully saturated rings. The molecule has 1 N–H and O–H groups in total. The van der Waals surface area contributed by atoms with E-state index >= 15 is 0 Å². The van der Waals surface area contributed by atoms with Crippen LogP contribution in [0.25, 0.3) is 10.2 Å². The van der Waals surface area contributed by atoms with Crippen LogP contribution in [0.3, 0.4) is 0 Å². The molecule has 0 saturated heterocycles. The van der Waals surface area contributed by atoms with Crippen molar-refractivity contribution in [1.82, 2.24) is 14.3 Å². The molecule has 0 aliphatic heterocycles. The Bertz CT molecular complexity index is 1060. The molecule has 3 aromatic rings. The standard InChI is InChI=1S/C19H22N4O3S2/c1-3-10-23(11-4-2)28(25,26)15-7-8-16-17(12-15)27-19(21-16)22-18(24)14-6-5-9-20-13-14/h5-9,12-13H,3-4,10-11H2,1-2H3,(H,21,22,24). The molecule has 0 radical (unpaired) electrons. The van der Waals surface area contributed by atoms with Crippen LogP contribution in [0.1, 0.15) is 37.0 Å². The van der Waals surface area contributed by atoms with Gasteiger partial charge in [0.2, 0.25) is 10.0 Å². The topological polar surface area (TPSA) is 92.3 Å². The Morgan fingerprint density at radius 2 is 1.93 bits per heavy atom. The molecular weight excluding hydrogens is 396 g/mol. The zero-order valence-corrected chi connectivity index (χ0v) is 17.4. The Hall–Kier alpha value is -2.36. The first-order valence-corrected chi connectivity index (χ1v) is 11.3.